The van der Waals surface area contributed by atoms with Crippen molar-refractivity contribution in [3.05, 3.63) is 18.2 Å². The Balaban J connectivity index is 2.02. The van der Waals surface area contributed by atoms with Crippen molar-refractivity contribution in [1.29, 1.82) is 0 Å². The van der Waals surface area contributed by atoms with E-state index in [0.717, 1.165) is 31.9 Å². The highest BCUT2D eigenvalue weighted by Gasteiger charge is 2.17. The van der Waals surface area contributed by atoms with Gasteiger partial charge in [0.2, 0.25) is 0 Å². The van der Waals surface area contributed by atoms with E-state index < -0.39 is 0 Å². The zero-order chi connectivity index (χ0) is 14.5. The van der Waals surface area contributed by atoms with Crippen molar-refractivity contribution in [3.8, 4) is 5.75 Å². The molecule has 2 rings (SSSR count). The fourth-order valence-electron chi connectivity index (χ4n) is 2.62. The molecule has 1 aromatic carbocycles. The topological polar surface area (TPSA) is 41.7 Å². The number of piperazine rings is 1. The molecule has 2 N–H and O–H groups in total. The second kappa shape index (κ2) is 6.84. The summed E-state index contributed by atoms with van der Waals surface area (Å²) in [7, 11) is 0. The van der Waals surface area contributed by atoms with Gasteiger partial charge >= 0.3 is 0 Å². The van der Waals surface area contributed by atoms with Gasteiger partial charge in [0.25, 0.3) is 0 Å². The minimum Gasteiger partial charge on any atom is -0.489 e. The Morgan fingerprint density at radius 2 is 1.90 bits per heavy atom. The summed E-state index contributed by atoms with van der Waals surface area (Å²) in [6.45, 7) is 11.9. The van der Waals surface area contributed by atoms with Crippen LogP contribution in [0.3, 0.4) is 0 Å². The Hall–Kier alpha value is -1.42. The predicted molar refractivity (Wildman–Crippen MR) is 85.6 cm³/mol. The van der Waals surface area contributed by atoms with Crippen LogP contribution in [0, 0.1) is 0 Å². The molecule has 0 unspecified atom stereocenters. The van der Waals surface area contributed by atoms with Gasteiger partial charge in [-0.25, -0.2) is 0 Å². The lowest BCUT2D eigenvalue weighted by Gasteiger charge is -2.36. The van der Waals surface area contributed by atoms with Gasteiger partial charge in [0.1, 0.15) is 5.75 Å². The maximum absolute atomic E-state index is 5.98. The molecule has 0 bridgehead atoms. The van der Waals surface area contributed by atoms with Gasteiger partial charge in [-0.05, 0) is 38.9 Å². The average molecular weight is 277 g/mol. The third-order valence-corrected chi connectivity index (χ3v) is 3.64. The highest BCUT2D eigenvalue weighted by molar-refractivity contribution is 5.62. The van der Waals surface area contributed by atoms with Crippen LogP contribution in [0.1, 0.15) is 27.2 Å². The largest absolute Gasteiger partial charge is 0.489 e. The van der Waals surface area contributed by atoms with E-state index in [0.29, 0.717) is 5.69 Å². The Kier molecular flexibility index (Phi) is 5.12. The summed E-state index contributed by atoms with van der Waals surface area (Å²) >= 11 is 0. The summed E-state index contributed by atoms with van der Waals surface area (Å²) in [6.07, 6.45) is 1.38. The first-order valence-electron chi connectivity index (χ1n) is 7.63. The third-order valence-electron chi connectivity index (χ3n) is 3.64. The van der Waals surface area contributed by atoms with E-state index in [4.69, 9.17) is 10.5 Å². The molecule has 0 radical (unpaired) electrons. The maximum atomic E-state index is 5.98. The second-order valence-electron chi connectivity index (χ2n) is 5.72. The molecule has 20 heavy (non-hydrogen) atoms. The van der Waals surface area contributed by atoms with Gasteiger partial charge in [0, 0.05) is 37.9 Å². The lowest BCUT2D eigenvalue weighted by molar-refractivity contribution is 0.243. The van der Waals surface area contributed by atoms with Crippen molar-refractivity contribution < 1.29 is 4.74 Å². The van der Waals surface area contributed by atoms with Gasteiger partial charge in [-0.1, -0.05) is 6.92 Å². The molecule has 0 spiro atoms. The fraction of sp³-hybridized carbons (Fsp3) is 0.625. The molecule has 0 aliphatic carbocycles. The van der Waals surface area contributed by atoms with Gasteiger partial charge in [0.15, 0.2) is 0 Å². The van der Waals surface area contributed by atoms with E-state index in [1.54, 1.807) is 0 Å². The lowest BCUT2D eigenvalue weighted by atomic mass is 10.2. The first-order valence-corrected chi connectivity index (χ1v) is 7.63. The molecule has 0 amide bonds. The number of anilines is 2. The molecule has 1 aliphatic heterocycles. The molecule has 1 aliphatic rings. The van der Waals surface area contributed by atoms with Crippen LogP contribution in [-0.2, 0) is 0 Å². The van der Waals surface area contributed by atoms with Crippen LogP contribution in [0.15, 0.2) is 18.2 Å². The second-order valence-corrected chi connectivity index (χ2v) is 5.72. The Labute approximate surface area is 122 Å². The molecular weight excluding hydrogens is 250 g/mol. The predicted octanol–water partition coefficient (Wildman–Crippen LogP) is 2.59. The maximum Gasteiger partial charge on any atom is 0.144 e. The summed E-state index contributed by atoms with van der Waals surface area (Å²) < 4.78 is 5.77. The van der Waals surface area contributed by atoms with Gasteiger partial charge in [-0.2, -0.15) is 0 Å². The summed E-state index contributed by atoms with van der Waals surface area (Å²) in [6, 6.07) is 6.12. The lowest BCUT2D eigenvalue weighted by Crippen LogP contribution is -2.46. The number of nitrogens with zero attached hydrogens (tertiary/aromatic N) is 2. The van der Waals surface area contributed by atoms with E-state index in [2.05, 4.69) is 28.9 Å². The summed E-state index contributed by atoms with van der Waals surface area (Å²) in [5, 5.41) is 0. The van der Waals surface area contributed by atoms with Crippen LogP contribution < -0.4 is 15.4 Å². The van der Waals surface area contributed by atoms with Crippen LogP contribution in [0.4, 0.5) is 11.4 Å². The molecular formula is C16H27N3O. The fourth-order valence-corrected chi connectivity index (χ4v) is 2.62. The molecule has 1 saturated heterocycles. The van der Waals surface area contributed by atoms with Crippen LogP contribution in [0.25, 0.3) is 0 Å². The Morgan fingerprint density at radius 1 is 1.20 bits per heavy atom. The molecule has 4 heteroatoms. The quantitative estimate of drug-likeness (QED) is 0.840. The average Bonchev–Trinajstić information content (AvgIpc) is 2.42. The van der Waals surface area contributed by atoms with Crippen LogP contribution >= 0.6 is 0 Å². The van der Waals surface area contributed by atoms with E-state index in [1.165, 1.54) is 18.7 Å². The third kappa shape index (κ3) is 3.79. The number of benzene rings is 1. The zero-order valence-electron chi connectivity index (χ0n) is 12.9. The van der Waals surface area contributed by atoms with Gasteiger partial charge in [-0.15, -0.1) is 0 Å². The standard InChI is InChI=1S/C16H27N3O/c1-4-7-18-8-10-19(11-9-18)14-5-6-15(17)16(12-14)20-13(2)3/h5-6,12-13H,4,7-11,17H2,1-3H3. The Bertz CT molecular complexity index is 426. The molecule has 0 aromatic heterocycles. The van der Waals surface area contributed by atoms with Crippen LogP contribution in [0.5, 0.6) is 5.75 Å². The number of nitrogens with two attached hydrogens (primary N) is 1. The van der Waals surface area contributed by atoms with Crippen molar-refractivity contribution in [2.24, 2.45) is 0 Å². The Morgan fingerprint density at radius 3 is 2.50 bits per heavy atom. The summed E-state index contributed by atoms with van der Waals surface area (Å²) in [4.78, 5) is 4.94. The molecule has 1 aromatic rings. The molecule has 112 valence electrons. The first kappa shape index (κ1) is 15.0. The number of hydrogen-bond donors (Lipinski definition) is 1. The van der Waals surface area contributed by atoms with Crippen molar-refractivity contribution >= 4 is 11.4 Å². The van der Waals surface area contributed by atoms with Crippen molar-refractivity contribution in [1.82, 2.24) is 4.90 Å². The van der Waals surface area contributed by atoms with Gasteiger partial charge in [-0.3, -0.25) is 4.90 Å². The first-order chi connectivity index (χ1) is 9.60. The molecule has 1 heterocycles. The highest BCUT2D eigenvalue weighted by atomic mass is 16.5. The van der Waals surface area contributed by atoms with E-state index in [-0.39, 0.29) is 6.10 Å². The molecule has 4 nitrogen and oxygen atoms in total. The van der Waals surface area contributed by atoms with E-state index in [1.807, 2.05) is 19.9 Å². The van der Waals surface area contributed by atoms with Crippen molar-refractivity contribution in [2.45, 2.75) is 33.3 Å². The SMILES string of the molecule is CCCN1CCN(c2ccc(N)c(OC(C)C)c2)CC1. The highest BCUT2D eigenvalue weighted by Crippen LogP contribution is 2.29. The van der Waals surface area contributed by atoms with Gasteiger partial charge < -0.3 is 15.4 Å². The van der Waals surface area contributed by atoms with E-state index >= 15 is 0 Å². The zero-order valence-corrected chi connectivity index (χ0v) is 12.9. The normalized spacial score (nSPS) is 16.7. The number of hydrogen-bond acceptors (Lipinski definition) is 4. The van der Waals surface area contributed by atoms with Gasteiger partial charge in [0.05, 0.1) is 11.8 Å². The smallest absolute Gasteiger partial charge is 0.144 e. The summed E-state index contributed by atoms with van der Waals surface area (Å²) in [5.41, 5.74) is 7.91. The minimum atomic E-state index is 0.147. The summed E-state index contributed by atoms with van der Waals surface area (Å²) in [5.74, 6) is 0.800. The van der Waals surface area contributed by atoms with Crippen molar-refractivity contribution in [3.63, 3.8) is 0 Å². The number of nitrogen functional groups attached to an aromatic ring is 1. The monoisotopic (exact) mass is 277 g/mol. The minimum absolute atomic E-state index is 0.147. The van der Waals surface area contributed by atoms with Crippen LogP contribution in [0.2, 0.25) is 0 Å². The van der Waals surface area contributed by atoms with Crippen LogP contribution in [-0.4, -0.2) is 43.7 Å². The number of rotatable bonds is 5. The molecule has 0 atom stereocenters. The number of ether oxygens (including phenoxy) is 1. The molecule has 1 fully saturated rings. The molecule has 0 saturated carbocycles. The van der Waals surface area contributed by atoms with Crippen molar-refractivity contribution in [2.75, 3.05) is 43.4 Å². The van der Waals surface area contributed by atoms with E-state index in [9.17, 15) is 0 Å².